The number of benzene rings is 2. The molecule has 3 rings (SSSR count). The molecule has 0 bridgehead atoms. The second-order valence-electron chi connectivity index (χ2n) is 4.60. The molecule has 0 radical (unpaired) electrons. The second-order valence-corrected chi connectivity index (χ2v) is 4.60. The molecule has 21 heavy (non-hydrogen) atoms. The molecular formula is C18H14O3. The molecule has 2 aromatic carbocycles. The van der Waals surface area contributed by atoms with Gasteiger partial charge in [-0.1, -0.05) is 43.0 Å². The van der Waals surface area contributed by atoms with E-state index in [0.717, 1.165) is 5.56 Å². The lowest BCUT2D eigenvalue weighted by Gasteiger charge is -2.06. The highest BCUT2D eigenvalue weighted by atomic mass is 16.5. The van der Waals surface area contributed by atoms with Gasteiger partial charge in [-0.2, -0.15) is 0 Å². The zero-order valence-electron chi connectivity index (χ0n) is 11.4. The van der Waals surface area contributed by atoms with Gasteiger partial charge in [-0.15, -0.1) is 0 Å². The van der Waals surface area contributed by atoms with Crippen LogP contribution in [0, 0.1) is 0 Å². The highest BCUT2D eigenvalue weighted by Gasteiger charge is 2.07. The van der Waals surface area contributed by atoms with Crippen molar-refractivity contribution in [3.05, 3.63) is 77.5 Å². The fourth-order valence-electron chi connectivity index (χ4n) is 2.13. The predicted octanol–water partition coefficient (Wildman–Crippen LogP) is 4.02. The van der Waals surface area contributed by atoms with Gasteiger partial charge >= 0.3 is 0 Å². The molecule has 104 valence electrons. The van der Waals surface area contributed by atoms with Crippen molar-refractivity contribution in [1.82, 2.24) is 0 Å². The van der Waals surface area contributed by atoms with E-state index in [0.29, 0.717) is 29.1 Å². The van der Waals surface area contributed by atoms with Crippen molar-refractivity contribution in [1.29, 1.82) is 0 Å². The quantitative estimate of drug-likeness (QED) is 0.676. The lowest BCUT2D eigenvalue weighted by molar-refractivity contribution is 0.363. The first-order chi connectivity index (χ1) is 10.3. The lowest BCUT2D eigenvalue weighted by Crippen LogP contribution is -2.01. The van der Waals surface area contributed by atoms with E-state index in [4.69, 9.17) is 9.15 Å². The molecule has 0 aliphatic carbocycles. The maximum Gasteiger partial charge on any atom is 0.193 e. The van der Waals surface area contributed by atoms with Crippen molar-refractivity contribution in [3.63, 3.8) is 0 Å². The van der Waals surface area contributed by atoms with Crippen LogP contribution in [0.2, 0.25) is 0 Å². The van der Waals surface area contributed by atoms with Gasteiger partial charge in [0.2, 0.25) is 0 Å². The molecule has 0 aliphatic heterocycles. The van der Waals surface area contributed by atoms with E-state index in [2.05, 4.69) is 6.58 Å². The van der Waals surface area contributed by atoms with E-state index in [-0.39, 0.29) is 5.43 Å². The van der Waals surface area contributed by atoms with E-state index < -0.39 is 0 Å². The molecule has 0 fully saturated rings. The van der Waals surface area contributed by atoms with Crippen molar-refractivity contribution in [2.75, 3.05) is 6.61 Å². The minimum absolute atomic E-state index is 0.0841. The Kier molecular flexibility index (Phi) is 3.56. The summed E-state index contributed by atoms with van der Waals surface area (Å²) in [6.07, 6.45) is 1.66. The van der Waals surface area contributed by atoms with Crippen LogP contribution in [-0.2, 0) is 0 Å². The van der Waals surface area contributed by atoms with Crippen LogP contribution in [0.3, 0.4) is 0 Å². The van der Waals surface area contributed by atoms with Crippen LogP contribution in [0.1, 0.15) is 0 Å². The van der Waals surface area contributed by atoms with Gasteiger partial charge < -0.3 is 9.15 Å². The normalized spacial score (nSPS) is 10.5. The van der Waals surface area contributed by atoms with Gasteiger partial charge in [0.1, 0.15) is 23.7 Å². The molecule has 0 spiro atoms. The zero-order chi connectivity index (χ0) is 14.7. The van der Waals surface area contributed by atoms with Crippen LogP contribution >= 0.6 is 0 Å². The summed E-state index contributed by atoms with van der Waals surface area (Å²) in [7, 11) is 0. The van der Waals surface area contributed by atoms with Crippen LogP contribution in [0.4, 0.5) is 0 Å². The average Bonchev–Trinajstić information content (AvgIpc) is 2.54. The maximum absolute atomic E-state index is 12.3. The minimum Gasteiger partial charge on any atom is -0.490 e. The maximum atomic E-state index is 12.3. The Morgan fingerprint density at radius 1 is 1.10 bits per heavy atom. The molecule has 3 nitrogen and oxygen atoms in total. The summed E-state index contributed by atoms with van der Waals surface area (Å²) in [5, 5.41) is 0.510. The number of ether oxygens (including phenoxy) is 1. The topological polar surface area (TPSA) is 39.4 Å². The fourth-order valence-corrected chi connectivity index (χ4v) is 2.13. The van der Waals surface area contributed by atoms with Gasteiger partial charge in [-0.05, 0) is 18.2 Å². The molecule has 0 saturated carbocycles. The number of fused-ring (bicyclic) bond motifs is 1. The SMILES string of the molecule is C=CCOc1ccc2oc(-c3ccccc3)cc(=O)c2c1. The molecule has 3 aromatic rings. The van der Waals surface area contributed by atoms with Crippen molar-refractivity contribution in [2.24, 2.45) is 0 Å². The van der Waals surface area contributed by atoms with Crippen LogP contribution < -0.4 is 10.2 Å². The number of hydrogen-bond acceptors (Lipinski definition) is 3. The number of hydrogen-bond donors (Lipinski definition) is 0. The minimum atomic E-state index is -0.0841. The van der Waals surface area contributed by atoms with Crippen LogP contribution in [0.5, 0.6) is 5.75 Å². The molecule has 1 aromatic heterocycles. The summed E-state index contributed by atoms with van der Waals surface area (Å²) in [6.45, 7) is 4.00. The Hall–Kier alpha value is -2.81. The molecular weight excluding hydrogens is 264 g/mol. The number of rotatable bonds is 4. The van der Waals surface area contributed by atoms with Crippen molar-refractivity contribution in [3.8, 4) is 17.1 Å². The molecule has 0 aliphatic rings. The molecule has 1 heterocycles. The summed E-state index contributed by atoms with van der Waals surface area (Å²) in [5.74, 6) is 1.19. The van der Waals surface area contributed by atoms with E-state index in [1.807, 2.05) is 30.3 Å². The van der Waals surface area contributed by atoms with Crippen molar-refractivity contribution < 1.29 is 9.15 Å². The highest BCUT2D eigenvalue weighted by Crippen LogP contribution is 2.24. The first-order valence-electron chi connectivity index (χ1n) is 6.65. The predicted molar refractivity (Wildman–Crippen MR) is 83.6 cm³/mol. The Morgan fingerprint density at radius 3 is 2.67 bits per heavy atom. The summed E-state index contributed by atoms with van der Waals surface area (Å²) in [5.41, 5.74) is 1.34. The summed E-state index contributed by atoms with van der Waals surface area (Å²) in [4.78, 5) is 12.3. The smallest absolute Gasteiger partial charge is 0.193 e. The van der Waals surface area contributed by atoms with Gasteiger partial charge in [0.15, 0.2) is 5.43 Å². The largest absolute Gasteiger partial charge is 0.490 e. The summed E-state index contributed by atoms with van der Waals surface area (Å²) < 4.78 is 11.2. The second kappa shape index (κ2) is 5.67. The van der Waals surface area contributed by atoms with Gasteiger partial charge in [-0.3, -0.25) is 4.79 Å². The molecule has 0 atom stereocenters. The Morgan fingerprint density at radius 2 is 1.90 bits per heavy atom. The lowest BCUT2D eigenvalue weighted by atomic mass is 10.1. The van der Waals surface area contributed by atoms with Gasteiger partial charge in [-0.25, -0.2) is 0 Å². The van der Waals surface area contributed by atoms with Gasteiger partial charge in [0.25, 0.3) is 0 Å². The van der Waals surface area contributed by atoms with Gasteiger partial charge in [0, 0.05) is 11.6 Å². The third-order valence-electron chi connectivity index (χ3n) is 3.12. The van der Waals surface area contributed by atoms with E-state index >= 15 is 0 Å². The zero-order valence-corrected chi connectivity index (χ0v) is 11.4. The third kappa shape index (κ3) is 2.72. The first-order valence-corrected chi connectivity index (χ1v) is 6.65. The monoisotopic (exact) mass is 278 g/mol. The van der Waals surface area contributed by atoms with E-state index in [1.54, 1.807) is 24.3 Å². The summed E-state index contributed by atoms with van der Waals surface area (Å²) in [6, 6.07) is 16.3. The van der Waals surface area contributed by atoms with Crippen molar-refractivity contribution in [2.45, 2.75) is 0 Å². The molecule has 0 unspecified atom stereocenters. The molecule has 0 amide bonds. The summed E-state index contributed by atoms with van der Waals surface area (Å²) >= 11 is 0. The standard InChI is InChI=1S/C18H14O3/c1-2-10-20-14-8-9-17-15(11-14)16(19)12-18(21-17)13-6-4-3-5-7-13/h2-9,11-12H,1,10H2. The Bertz CT molecular complexity index is 832. The van der Waals surface area contributed by atoms with Crippen LogP contribution in [0.25, 0.3) is 22.3 Å². The van der Waals surface area contributed by atoms with E-state index in [1.165, 1.54) is 6.07 Å². The third-order valence-corrected chi connectivity index (χ3v) is 3.12. The first kappa shape index (κ1) is 13.2. The Balaban J connectivity index is 2.09. The van der Waals surface area contributed by atoms with Crippen LogP contribution in [-0.4, -0.2) is 6.61 Å². The molecule has 3 heteroatoms. The highest BCUT2D eigenvalue weighted by molar-refractivity contribution is 5.80. The van der Waals surface area contributed by atoms with Crippen LogP contribution in [0.15, 0.2) is 76.5 Å². The fraction of sp³-hybridized carbons (Fsp3) is 0.0556. The molecule has 0 N–H and O–H groups in total. The Labute approximate surface area is 122 Å². The van der Waals surface area contributed by atoms with Gasteiger partial charge in [0.05, 0.1) is 5.39 Å². The molecule has 0 saturated heterocycles. The van der Waals surface area contributed by atoms with E-state index in [9.17, 15) is 4.79 Å². The van der Waals surface area contributed by atoms with Crippen molar-refractivity contribution >= 4 is 11.0 Å². The average molecular weight is 278 g/mol.